The van der Waals surface area contributed by atoms with Crippen molar-refractivity contribution in [2.75, 3.05) is 92.6 Å². The molecule has 0 aromatic carbocycles. The van der Waals surface area contributed by atoms with Crippen molar-refractivity contribution in [2.45, 2.75) is 12.8 Å². The molecule has 0 aromatic heterocycles. The second-order valence-electron chi connectivity index (χ2n) is 7.65. The number of hydrogen-bond acceptors (Lipinski definition) is 9. The van der Waals surface area contributed by atoms with Crippen LogP contribution in [0, 0.1) is 5.41 Å². The van der Waals surface area contributed by atoms with Gasteiger partial charge in [-0.25, -0.2) is 5.84 Å². The van der Waals surface area contributed by atoms with E-state index in [-0.39, 0.29) is 0 Å². The number of hydrogen-bond donors (Lipinski definition) is 3. The number of likely N-dealkylation sites (N-methyl/N-ethyl adjacent to an activating group) is 1. The summed E-state index contributed by atoms with van der Waals surface area (Å²) < 4.78 is 21.7. The van der Waals surface area contributed by atoms with Crippen molar-refractivity contribution >= 4 is 0 Å². The summed E-state index contributed by atoms with van der Waals surface area (Å²) in [6.07, 6.45) is 4.20. The minimum Gasteiger partial charge on any atom is -0.400 e. The minimum atomic E-state index is 0.454. The summed E-state index contributed by atoms with van der Waals surface area (Å²) >= 11 is 0. The van der Waals surface area contributed by atoms with Crippen LogP contribution in [0.25, 0.3) is 0 Å². The lowest BCUT2D eigenvalue weighted by Crippen LogP contribution is -2.51. The third kappa shape index (κ3) is 9.04. The highest BCUT2D eigenvalue weighted by atomic mass is 16.5. The maximum absolute atomic E-state index is 6.14. The molecule has 2 aliphatic rings. The van der Waals surface area contributed by atoms with Crippen LogP contribution in [-0.2, 0) is 18.9 Å². The van der Waals surface area contributed by atoms with Crippen LogP contribution >= 0.6 is 0 Å². The number of piperidine rings is 1. The molecular weight excluding hydrogens is 362 g/mol. The van der Waals surface area contributed by atoms with Crippen LogP contribution in [0.2, 0.25) is 0 Å². The largest absolute Gasteiger partial charge is 0.400 e. The molecule has 2 heterocycles. The highest BCUT2D eigenvalue weighted by Gasteiger charge is 2.40. The molecule has 5 N–H and O–H groups in total. The molecule has 2 saturated heterocycles. The third-order valence-electron chi connectivity index (χ3n) is 5.21. The van der Waals surface area contributed by atoms with E-state index >= 15 is 0 Å². The molecule has 0 radical (unpaired) electrons. The van der Waals surface area contributed by atoms with Crippen LogP contribution < -0.4 is 16.9 Å². The van der Waals surface area contributed by atoms with E-state index in [0.717, 1.165) is 45.1 Å². The van der Waals surface area contributed by atoms with Gasteiger partial charge in [-0.1, -0.05) is 0 Å². The SMILES string of the molecule is CNCCOCCOCCOCCN(N)/C=C(\N)CN1CCC2(CC1)COC2. The number of rotatable bonds is 15. The molecule has 0 unspecified atom stereocenters. The monoisotopic (exact) mass is 401 g/mol. The molecule has 2 fully saturated rings. The standard InChI is InChI=1S/C19H39N5O4/c1-22-4-8-25-10-12-27-13-11-26-9-7-24(21)15-18(20)14-23-5-2-19(3-6-23)16-28-17-19/h15,22H,2-14,16-17,20-21H2,1H3/b18-15-. The fourth-order valence-corrected chi connectivity index (χ4v) is 3.33. The van der Waals surface area contributed by atoms with Crippen molar-refractivity contribution < 1.29 is 18.9 Å². The quantitative estimate of drug-likeness (QED) is 0.187. The van der Waals surface area contributed by atoms with Gasteiger partial charge in [-0.15, -0.1) is 0 Å². The first kappa shape index (κ1) is 23.3. The molecule has 1 spiro atoms. The molecule has 9 nitrogen and oxygen atoms in total. The Kier molecular flexibility index (Phi) is 11.1. The lowest BCUT2D eigenvalue weighted by Gasteiger charge is -2.47. The summed E-state index contributed by atoms with van der Waals surface area (Å²) in [6.45, 7) is 9.74. The van der Waals surface area contributed by atoms with Crippen molar-refractivity contribution in [3.05, 3.63) is 11.9 Å². The van der Waals surface area contributed by atoms with E-state index in [4.69, 9.17) is 30.5 Å². The molecule has 0 aromatic rings. The van der Waals surface area contributed by atoms with Gasteiger partial charge in [0.25, 0.3) is 0 Å². The third-order valence-corrected chi connectivity index (χ3v) is 5.21. The Morgan fingerprint density at radius 2 is 1.68 bits per heavy atom. The number of hydrazine groups is 1. The molecule has 2 rings (SSSR count). The second-order valence-corrected chi connectivity index (χ2v) is 7.65. The van der Waals surface area contributed by atoms with E-state index < -0.39 is 0 Å². The molecule has 28 heavy (non-hydrogen) atoms. The van der Waals surface area contributed by atoms with Crippen LogP contribution in [0.5, 0.6) is 0 Å². The maximum atomic E-state index is 6.14. The van der Waals surface area contributed by atoms with Gasteiger partial charge < -0.3 is 35.0 Å². The van der Waals surface area contributed by atoms with E-state index in [1.54, 1.807) is 11.2 Å². The molecule has 0 aliphatic carbocycles. The number of nitrogens with one attached hydrogen (secondary N) is 1. The first-order valence-electron chi connectivity index (χ1n) is 10.3. The smallest absolute Gasteiger partial charge is 0.0701 e. The summed E-state index contributed by atoms with van der Waals surface area (Å²) in [5.41, 5.74) is 7.38. The van der Waals surface area contributed by atoms with Gasteiger partial charge in [0.2, 0.25) is 0 Å². The van der Waals surface area contributed by atoms with Crippen molar-refractivity contribution in [1.29, 1.82) is 0 Å². The van der Waals surface area contributed by atoms with Gasteiger partial charge in [0.05, 0.1) is 59.4 Å². The topological polar surface area (TPSA) is 107 Å². The lowest BCUT2D eigenvalue weighted by molar-refractivity contribution is -0.138. The van der Waals surface area contributed by atoms with Gasteiger partial charge >= 0.3 is 0 Å². The van der Waals surface area contributed by atoms with E-state index in [9.17, 15) is 0 Å². The van der Waals surface area contributed by atoms with Gasteiger partial charge in [-0.3, -0.25) is 4.90 Å². The summed E-state index contributed by atoms with van der Waals surface area (Å²) in [6, 6.07) is 0. The first-order valence-corrected chi connectivity index (χ1v) is 10.3. The predicted molar refractivity (Wildman–Crippen MR) is 108 cm³/mol. The van der Waals surface area contributed by atoms with Gasteiger partial charge in [-0.2, -0.15) is 0 Å². The second kappa shape index (κ2) is 13.3. The minimum absolute atomic E-state index is 0.454. The average Bonchev–Trinajstić information content (AvgIpc) is 2.65. The fraction of sp³-hybridized carbons (Fsp3) is 0.895. The Bertz CT molecular complexity index is 438. The summed E-state index contributed by atoms with van der Waals surface area (Å²) in [5, 5.41) is 4.62. The summed E-state index contributed by atoms with van der Waals surface area (Å²) in [5.74, 6) is 5.98. The molecule has 9 heteroatoms. The Hall–Kier alpha value is -0.940. The average molecular weight is 402 g/mol. The summed E-state index contributed by atoms with van der Waals surface area (Å²) in [7, 11) is 1.90. The number of ether oxygens (including phenoxy) is 4. The molecular formula is C19H39N5O4. The highest BCUT2D eigenvalue weighted by molar-refractivity contribution is 5.00. The Morgan fingerprint density at radius 3 is 2.25 bits per heavy atom. The van der Waals surface area contributed by atoms with E-state index in [1.807, 2.05) is 7.05 Å². The Morgan fingerprint density at radius 1 is 1.07 bits per heavy atom. The van der Waals surface area contributed by atoms with Crippen LogP contribution in [0.3, 0.4) is 0 Å². The molecule has 2 aliphatic heterocycles. The van der Waals surface area contributed by atoms with Crippen LogP contribution in [-0.4, -0.2) is 103 Å². The van der Waals surface area contributed by atoms with Crippen molar-refractivity contribution in [1.82, 2.24) is 15.2 Å². The number of nitrogens with zero attached hydrogens (tertiary/aromatic N) is 2. The van der Waals surface area contributed by atoms with E-state index in [0.29, 0.717) is 51.6 Å². The molecule has 164 valence electrons. The number of nitrogens with two attached hydrogens (primary N) is 2. The highest BCUT2D eigenvalue weighted by Crippen LogP contribution is 2.38. The van der Waals surface area contributed by atoms with Gasteiger partial charge in [0.15, 0.2) is 0 Å². The molecule has 0 bridgehead atoms. The Balaban J connectivity index is 1.42. The van der Waals surface area contributed by atoms with Crippen molar-refractivity contribution in [2.24, 2.45) is 17.0 Å². The molecule has 0 atom stereocenters. The zero-order valence-electron chi connectivity index (χ0n) is 17.4. The van der Waals surface area contributed by atoms with E-state index in [1.165, 1.54) is 12.8 Å². The molecule has 0 amide bonds. The zero-order valence-corrected chi connectivity index (χ0v) is 17.4. The zero-order chi connectivity index (χ0) is 20.1. The van der Waals surface area contributed by atoms with Gasteiger partial charge in [-0.05, 0) is 33.0 Å². The van der Waals surface area contributed by atoms with Crippen LogP contribution in [0.15, 0.2) is 11.9 Å². The lowest BCUT2D eigenvalue weighted by atomic mass is 9.77. The van der Waals surface area contributed by atoms with Gasteiger partial charge in [0.1, 0.15) is 0 Å². The first-order chi connectivity index (χ1) is 13.6. The van der Waals surface area contributed by atoms with Crippen molar-refractivity contribution in [3.8, 4) is 0 Å². The molecule has 0 saturated carbocycles. The van der Waals surface area contributed by atoms with Gasteiger partial charge in [0, 0.05) is 30.4 Å². The van der Waals surface area contributed by atoms with Crippen molar-refractivity contribution in [3.63, 3.8) is 0 Å². The van der Waals surface area contributed by atoms with E-state index in [2.05, 4.69) is 10.2 Å². The van der Waals surface area contributed by atoms with Crippen LogP contribution in [0.1, 0.15) is 12.8 Å². The predicted octanol–water partition coefficient (Wildman–Crippen LogP) is -0.656. The normalized spacial score (nSPS) is 19.7. The fourth-order valence-electron chi connectivity index (χ4n) is 3.33. The maximum Gasteiger partial charge on any atom is 0.0701 e. The number of likely N-dealkylation sites (tertiary alicyclic amines) is 1. The summed E-state index contributed by atoms with van der Waals surface area (Å²) in [4.78, 5) is 2.39. The Labute approximate surface area is 169 Å². The van der Waals surface area contributed by atoms with Crippen LogP contribution in [0.4, 0.5) is 0 Å².